The van der Waals surface area contributed by atoms with E-state index in [0.717, 1.165) is 5.56 Å². The first kappa shape index (κ1) is 35.5. The molecule has 0 spiro atoms. The Hall–Kier alpha value is -3.93. The summed E-state index contributed by atoms with van der Waals surface area (Å²) in [5.74, 6) is -0.178. The summed E-state index contributed by atoms with van der Waals surface area (Å²) in [6.45, 7) is 13.5. The SMILES string of the molecule is CC(C)Cc1nc(C(CC(C)C)NC(=O)OCc2ccccc2)oc1C(=O)CNC(=O)C(CC(C)C)NC(=O)N1CCOCC1. The molecular weight excluding hydrogens is 578 g/mol. The van der Waals surface area contributed by atoms with E-state index in [1.165, 1.54) is 0 Å². The first-order valence-corrected chi connectivity index (χ1v) is 15.8. The van der Waals surface area contributed by atoms with Gasteiger partial charge in [-0.05, 0) is 42.6 Å². The van der Waals surface area contributed by atoms with E-state index in [-0.39, 0.29) is 48.6 Å². The number of ether oxygens (including phenoxy) is 2. The summed E-state index contributed by atoms with van der Waals surface area (Å²) in [4.78, 5) is 58.4. The Bertz CT molecular complexity index is 1260. The lowest BCUT2D eigenvalue weighted by Gasteiger charge is -2.29. The highest BCUT2D eigenvalue weighted by molar-refractivity contribution is 5.99. The third-order valence-electron chi connectivity index (χ3n) is 7.12. The number of urea groups is 1. The lowest BCUT2D eigenvalue weighted by atomic mass is 10.0. The highest BCUT2D eigenvalue weighted by Crippen LogP contribution is 2.25. The fourth-order valence-electron chi connectivity index (χ4n) is 4.94. The van der Waals surface area contributed by atoms with Crippen LogP contribution in [0.25, 0.3) is 0 Å². The van der Waals surface area contributed by atoms with E-state index in [0.29, 0.717) is 51.3 Å². The molecule has 0 radical (unpaired) electrons. The maximum Gasteiger partial charge on any atom is 0.408 e. The Morgan fingerprint density at radius 2 is 1.58 bits per heavy atom. The topological polar surface area (TPSA) is 152 Å². The summed E-state index contributed by atoms with van der Waals surface area (Å²) in [5, 5.41) is 8.35. The fraction of sp³-hybridized carbons (Fsp3) is 0.606. The molecule has 45 heavy (non-hydrogen) atoms. The van der Waals surface area contributed by atoms with Crippen molar-refractivity contribution >= 4 is 23.8 Å². The average molecular weight is 628 g/mol. The molecule has 0 aliphatic carbocycles. The Morgan fingerprint density at radius 1 is 0.911 bits per heavy atom. The number of nitrogens with one attached hydrogen (secondary N) is 3. The zero-order chi connectivity index (χ0) is 32.9. The zero-order valence-electron chi connectivity index (χ0n) is 27.4. The van der Waals surface area contributed by atoms with E-state index in [1.807, 2.05) is 71.9 Å². The van der Waals surface area contributed by atoms with Gasteiger partial charge in [-0.2, -0.15) is 0 Å². The fourth-order valence-corrected chi connectivity index (χ4v) is 4.94. The third kappa shape index (κ3) is 11.8. The second-order valence-corrected chi connectivity index (χ2v) is 12.7. The predicted molar refractivity (Wildman–Crippen MR) is 169 cm³/mol. The van der Waals surface area contributed by atoms with Crippen LogP contribution in [0.1, 0.15) is 88.1 Å². The largest absolute Gasteiger partial charge is 0.445 e. The average Bonchev–Trinajstić information content (AvgIpc) is 3.41. The van der Waals surface area contributed by atoms with Gasteiger partial charge in [0.2, 0.25) is 17.6 Å². The van der Waals surface area contributed by atoms with Crippen LogP contribution in [0.4, 0.5) is 9.59 Å². The molecule has 248 valence electrons. The number of carbonyl (C=O) groups excluding carboxylic acids is 4. The molecule has 2 aromatic rings. The first-order chi connectivity index (χ1) is 21.4. The van der Waals surface area contributed by atoms with Crippen LogP contribution in [-0.4, -0.2) is 72.6 Å². The van der Waals surface area contributed by atoms with Crippen LogP contribution in [0.15, 0.2) is 34.7 Å². The normalized spacial score (nSPS) is 14.7. The molecule has 4 amide bonds. The highest BCUT2D eigenvalue weighted by Gasteiger charge is 2.29. The summed E-state index contributed by atoms with van der Waals surface area (Å²) in [5.41, 5.74) is 1.32. The van der Waals surface area contributed by atoms with Crippen molar-refractivity contribution in [1.82, 2.24) is 25.8 Å². The van der Waals surface area contributed by atoms with E-state index in [2.05, 4.69) is 20.9 Å². The van der Waals surface area contributed by atoms with Crippen molar-refractivity contribution in [2.45, 2.75) is 79.5 Å². The molecule has 2 atom stereocenters. The van der Waals surface area contributed by atoms with Gasteiger partial charge in [-0.1, -0.05) is 71.9 Å². The van der Waals surface area contributed by atoms with Crippen LogP contribution >= 0.6 is 0 Å². The Balaban J connectivity index is 1.71. The number of rotatable bonds is 15. The minimum Gasteiger partial charge on any atom is -0.445 e. The van der Waals surface area contributed by atoms with E-state index in [1.54, 1.807) is 4.90 Å². The van der Waals surface area contributed by atoms with Crippen molar-refractivity contribution in [3.8, 4) is 0 Å². The van der Waals surface area contributed by atoms with Gasteiger partial charge < -0.3 is 34.7 Å². The number of carbonyl (C=O) groups is 4. The number of benzene rings is 1. The Kier molecular flexibility index (Phi) is 13.8. The maximum absolute atomic E-state index is 13.4. The van der Waals surface area contributed by atoms with Gasteiger partial charge in [0.1, 0.15) is 18.7 Å². The molecule has 1 aliphatic rings. The van der Waals surface area contributed by atoms with Crippen molar-refractivity contribution in [3.05, 3.63) is 53.2 Å². The molecule has 1 aliphatic heterocycles. The van der Waals surface area contributed by atoms with Crippen molar-refractivity contribution < 1.29 is 33.1 Å². The molecule has 0 bridgehead atoms. The summed E-state index contributed by atoms with van der Waals surface area (Å²) < 4.78 is 16.8. The minimum absolute atomic E-state index is 0.0463. The number of ketones is 1. The molecule has 12 nitrogen and oxygen atoms in total. The zero-order valence-corrected chi connectivity index (χ0v) is 27.4. The molecule has 2 heterocycles. The lowest BCUT2D eigenvalue weighted by Crippen LogP contribution is -2.54. The smallest absolute Gasteiger partial charge is 0.408 e. The molecular formula is C33H49N5O7. The summed E-state index contributed by atoms with van der Waals surface area (Å²) in [6, 6.07) is 7.59. The van der Waals surface area contributed by atoms with Crippen LogP contribution < -0.4 is 16.0 Å². The maximum atomic E-state index is 13.4. The third-order valence-corrected chi connectivity index (χ3v) is 7.12. The quantitative estimate of drug-likeness (QED) is 0.242. The molecule has 3 N–H and O–H groups in total. The second kappa shape index (κ2) is 17.5. The lowest BCUT2D eigenvalue weighted by molar-refractivity contribution is -0.123. The van der Waals surface area contributed by atoms with Crippen LogP contribution in [-0.2, 0) is 27.3 Å². The van der Waals surface area contributed by atoms with Crippen molar-refractivity contribution in [1.29, 1.82) is 0 Å². The number of alkyl carbamates (subject to hydrolysis) is 1. The number of oxazole rings is 1. The molecule has 3 rings (SSSR count). The molecule has 12 heteroatoms. The number of aromatic nitrogens is 1. The van der Waals surface area contributed by atoms with Crippen molar-refractivity contribution in [2.24, 2.45) is 17.8 Å². The molecule has 2 unspecified atom stereocenters. The second-order valence-electron chi connectivity index (χ2n) is 12.7. The van der Waals surface area contributed by atoms with Gasteiger partial charge in [-0.25, -0.2) is 14.6 Å². The van der Waals surface area contributed by atoms with E-state index < -0.39 is 29.9 Å². The standard InChI is InChI=1S/C33H49N5O7/c1-21(2)16-25-29(28(39)19-34-30(40)26(17-22(3)4)36-32(41)38-12-14-43-15-13-38)45-31(35-25)27(18-23(5)6)37-33(42)44-20-24-10-8-7-9-11-24/h7-11,21-23,26-27H,12-20H2,1-6H3,(H,34,40)(H,36,41)(H,37,42). The van der Waals surface area contributed by atoms with Gasteiger partial charge in [-0.3, -0.25) is 9.59 Å². The number of nitrogens with zero attached hydrogens (tertiary/aromatic N) is 2. The molecule has 0 saturated carbocycles. The van der Waals surface area contributed by atoms with Gasteiger partial charge >= 0.3 is 12.1 Å². The molecule has 1 aromatic carbocycles. The van der Waals surface area contributed by atoms with E-state index >= 15 is 0 Å². The monoisotopic (exact) mass is 627 g/mol. The van der Waals surface area contributed by atoms with E-state index in [4.69, 9.17) is 13.9 Å². The number of Topliss-reactive ketones (excluding diaryl/α,β-unsaturated/α-hetero) is 1. The Morgan fingerprint density at radius 3 is 2.20 bits per heavy atom. The number of amides is 4. The van der Waals surface area contributed by atoms with Crippen LogP contribution in [0.2, 0.25) is 0 Å². The summed E-state index contributed by atoms with van der Waals surface area (Å²) in [7, 11) is 0. The van der Waals surface area contributed by atoms with Crippen LogP contribution in [0.3, 0.4) is 0 Å². The van der Waals surface area contributed by atoms with Gasteiger partial charge in [0.25, 0.3) is 0 Å². The predicted octanol–water partition coefficient (Wildman–Crippen LogP) is 4.64. The molecule has 1 aromatic heterocycles. The number of hydrogen-bond acceptors (Lipinski definition) is 8. The van der Waals surface area contributed by atoms with Crippen LogP contribution in [0, 0.1) is 17.8 Å². The summed E-state index contributed by atoms with van der Waals surface area (Å²) >= 11 is 0. The molecule has 1 saturated heterocycles. The summed E-state index contributed by atoms with van der Waals surface area (Å²) in [6.07, 6.45) is 0.760. The number of hydrogen-bond donors (Lipinski definition) is 3. The Labute approximate surface area is 266 Å². The van der Waals surface area contributed by atoms with Gasteiger partial charge in [0, 0.05) is 13.1 Å². The van der Waals surface area contributed by atoms with Gasteiger partial charge in [0.05, 0.1) is 25.5 Å². The van der Waals surface area contributed by atoms with Crippen molar-refractivity contribution in [2.75, 3.05) is 32.8 Å². The number of morpholine rings is 1. The van der Waals surface area contributed by atoms with Gasteiger partial charge in [0.15, 0.2) is 5.76 Å². The minimum atomic E-state index is -0.810. The molecule has 1 fully saturated rings. The van der Waals surface area contributed by atoms with E-state index in [9.17, 15) is 19.2 Å². The highest BCUT2D eigenvalue weighted by atomic mass is 16.5. The van der Waals surface area contributed by atoms with Gasteiger partial charge in [-0.15, -0.1) is 0 Å². The van der Waals surface area contributed by atoms with Crippen LogP contribution in [0.5, 0.6) is 0 Å². The first-order valence-electron chi connectivity index (χ1n) is 15.8. The van der Waals surface area contributed by atoms with Crippen molar-refractivity contribution in [3.63, 3.8) is 0 Å².